The zero-order valence-electron chi connectivity index (χ0n) is 11.8. The highest BCUT2D eigenvalue weighted by molar-refractivity contribution is 5.84. The van der Waals surface area contributed by atoms with Crippen LogP contribution in [0.3, 0.4) is 0 Å². The Morgan fingerprint density at radius 2 is 1.78 bits per heavy atom. The molecule has 18 heavy (non-hydrogen) atoms. The molecule has 3 N–H and O–H groups in total. The number of piperazine rings is 1. The third-order valence-electron chi connectivity index (χ3n) is 4.84. The molecule has 1 amide bonds. The van der Waals surface area contributed by atoms with Crippen LogP contribution in [0.5, 0.6) is 0 Å². The van der Waals surface area contributed by atoms with Crippen LogP contribution in [0.1, 0.15) is 46.0 Å². The van der Waals surface area contributed by atoms with Crippen LogP contribution in [-0.2, 0) is 4.79 Å². The monoisotopic (exact) mass is 253 g/mol. The summed E-state index contributed by atoms with van der Waals surface area (Å²) in [6.45, 7) is 8.45. The van der Waals surface area contributed by atoms with E-state index in [4.69, 9.17) is 5.73 Å². The Kier molecular flexibility index (Phi) is 3.97. The number of primary amides is 1. The van der Waals surface area contributed by atoms with Crippen molar-refractivity contribution in [3.8, 4) is 0 Å². The maximum atomic E-state index is 12.1. The number of nitrogens with zero attached hydrogens (tertiary/aromatic N) is 1. The fraction of sp³-hybridized carbons (Fsp3) is 0.929. The molecule has 1 aliphatic heterocycles. The van der Waals surface area contributed by atoms with E-state index in [1.165, 1.54) is 6.42 Å². The van der Waals surface area contributed by atoms with Crippen LogP contribution in [-0.4, -0.2) is 42.5 Å². The number of nitrogens with one attached hydrogen (secondary N) is 1. The summed E-state index contributed by atoms with van der Waals surface area (Å²) in [5, 5.41) is 3.35. The van der Waals surface area contributed by atoms with Gasteiger partial charge in [-0.25, -0.2) is 0 Å². The SMILES string of the molecule is CC1(C)CCCC(C(N)=O)(N2CCNCC2)CC1. The summed E-state index contributed by atoms with van der Waals surface area (Å²) in [5.74, 6) is -0.109. The Labute approximate surface area is 110 Å². The van der Waals surface area contributed by atoms with Crippen LogP contribution in [0.25, 0.3) is 0 Å². The topological polar surface area (TPSA) is 58.4 Å². The van der Waals surface area contributed by atoms with Gasteiger partial charge in [0.1, 0.15) is 5.54 Å². The molecule has 104 valence electrons. The summed E-state index contributed by atoms with van der Waals surface area (Å²) >= 11 is 0. The van der Waals surface area contributed by atoms with Crippen molar-refractivity contribution in [2.45, 2.75) is 51.5 Å². The van der Waals surface area contributed by atoms with Gasteiger partial charge in [-0.15, -0.1) is 0 Å². The Morgan fingerprint density at radius 1 is 1.11 bits per heavy atom. The number of hydrogen-bond acceptors (Lipinski definition) is 3. The van der Waals surface area contributed by atoms with Gasteiger partial charge in [-0.05, 0) is 31.1 Å². The van der Waals surface area contributed by atoms with Gasteiger partial charge >= 0.3 is 0 Å². The van der Waals surface area contributed by atoms with Crippen LogP contribution in [0.2, 0.25) is 0 Å². The largest absolute Gasteiger partial charge is 0.368 e. The van der Waals surface area contributed by atoms with E-state index < -0.39 is 0 Å². The molecule has 1 aliphatic carbocycles. The van der Waals surface area contributed by atoms with Crippen molar-refractivity contribution < 1.29 is 4.79 Å². The van der Waals surface area contributed by atoms with Crippen molar-refractivity contribution in [2.24, 2.45) is 11.1 Å². The lowest BCUT2D eigenvalue weighted by Gasteiger charge is -2.43. The smallest absolute Gasteiger partial charge is 0.237 e. The Balaban J connectivity index is 2.18. The van der Waals surface area contributed by atoms with E-state index in [9.17, 15) is 4.79 Å². The number of carbonyl (C=O) groups is 1. The molecule has 1 heterocycles. The van der Waals surface area contributed by atoms with E-state index in [1.807, 2.05) is 0 Å². The average molecular weight is 253 g/mol. The Morgan fingerprint density at radius 3 is 2.39 bits per heavy atom. The number of rotatable bonds is 2. The number of nitrogens with two attached hydrogens (primary N) is 1. The summed E-state index contributed by atoms with van der Waals surface area (Å²) in [6.07, 6.45) is 5.27. The maximum absolute atomic E-state index is 12.1. The second kappa shape index (κ2) is 5.17. The first-order valence-electron chi connectivity index (χ1n) is 7.22. The predicted molar refractivity (Wildman–Crippen MR) is 73.2 cm³/mol. The van der Waals surface area contributed by atoms with Gasteiger partial charge in [0.25, 0.3) is 0 Å². The molecule has 0 bridgehead atoms. The molecule has 2 fully saturated rings. The lowest BCUT2D eigenvalue weighted by Crippen LogP contribution is -2.62. The number of carbonyl (C=O) groups excluding carboxylic acids is 1. The van der Waals surface area contributed by atoms with Gasteiger partial charge in [0.2, 0.25) is 5.91 Å². The standard InChI is InChI=1S/C14H27N3O/c1-13(2)4-3-5-14(7-6-13,12(15)18)17-10-8-16-9-11-17/h16H,3-11H2,1-2H3,(H2,15,18). The van der Waals surface area contributed by atoms with Crippen LogP contribution in [0.4, 0.5) is 0 Å². The van der Waals surface area contributed by atoms with Crippen molar-refractivity contribution >= 4 is 5.91 Å². The van der Waals surface area contributed by atoms with Crippen molar-refractivity contribution in [3.05, 3.63) is 0 Å². The Bertz CT molecular complexity index is 310. The minimum Gasteiger partial charge on any atom is -0.368 e. The highest BCUT2D eigenvalue weighted by Crippen LogP contribution is 2.40. The summed E-state index contributed by atoms with van der Waals surface area (Å²) in [5.41, 5.74) is 5.76. The minimum absolute atomic E-state index is 0.109. The van der Waals surface area contributed by atoms with E-state index in [2.05, 4.69) is 24.1 Å². The summed E-state index contributed by atoms with van der Waals surface area (Å²) in [4.78, 5) is 14.4. The number of hydrogen-bond donors (Lipinski definition) is 2. The molecule has 2 rings (SSSR count). The molecule has 2 aliphatic rings. The van der Waals surface area contributed by atoms with Crippen LogP contribution in [0, 0.1) is 5.41 Å². The summed E-state index contributed by atoms with van der Waals surface area (Å²) < 4.78 is 0. The minimum atomic E-state index is -0.379. The van der Waals surface area contributed by atoms with Gasteiger partial charge in [-0.1, -0.05) is 20.3 Å². The quantitative estimate of drug-likeness (QED) is 0.725. The van der Waals surface area contributed by atoms with E-state index in [0.717, 1.165) is 51.9 Å². The third kappa shape index (κ3) is 2.69. The van der Waals surface area contributed by atoms with Crippen LogP contribution in [0.15, 0.2) is 0 Å². The average Bonchev–Trinajstić information content (AvgIpc) is 2.50. The summed E-state index contributed by atoms with van der Waals surface area (Å²) in [6, 6.07) is 0. The van der Waals surface area contributed by atoms with Gasteiger partial charge in [0.15, 0.2) is 0 Å². The first-order chi connectivity index (χ1) is 8.46. The lowest BCUT2D eigenvalue weighted by molar-refractivity contribution is -0.132. The highest BCUT2D eigenvalue weighted by Gasteiger charge is 2.44. The molecule has 0 aromatic rings. The van der Waals surface area contributed by atoms with E-state index in [0.29, 0.717) is 5.41 Å². The molecule has 4 nitrogen and oxygen atoms in total. The second-order valence-electron chi connectivity index (χ2n) is 6.65. The molecule has 1 saturated carbocycles. The molecule has 0 aromatic carbocycles. The van der Waals surface area contributed by atoms with Crippen molar-refractivity contribution in [2.75, 3.05) is 26.2 Å². The molecule has 0 radical (unpaired) electrons. The molecule has 4 heteroatoms. The third-order valence-corrected chi connectivity index (χ3v) is 4.84. The first kappa shape index (κ1) is 13.8. The van der Waals surface area contributed by atoms with Gasteiger partial charge in [-0.3, -0.25) is 9.69 Å². The van der Waals surface area contributed by atoms with E-state index >= 15 is 0 Å². The van der Waals surface area contributed by atoms with Crippen molar-refractivity contribution in [1.82, 2.24) is 10.2 Å². The molecular formula is C14H27N3O. The molecule has 1 atom stereocenters. The van der Waals surface area contributed by atoms with Crippen LogP contribution >= 0.6 is 0 Å². The second-order valence-corrected chi connectivity index (χ2v) is 6.65. The zero-order valence-corrected chi connectivity index (χ0v) is 11.8. The molecule has 0 aromatic heterocycles. The van der Waals surface area contributed by atoms with Crippen molar-refractivity contribution in [1.29, 1.82) is 0 Å². The fourth-order valence-electron chi connectivity index (χ4n) is 3.47. The molecule has 1 saturated heterocycles. The lowest BCUT2D eigenvalue weighted by atomic mass is 9.82. The Hall–Kier alpha value is -0.610. The van der Waals surface area contributed by atoms with E-state index in [1.54, 1.807) is 0 Å². The fourth-order valence-corrected chi connectivity index (χ4v) is 3.47. The predicted octanol–water partition coefficient (Wildman–Crippen LogP) is 1.11. The van der Waals surface area contributed by atoms with Gasteiger partial charge < -0.3 is 11.1 Å². The first-order valence-corrected chi connectivity index (χ1v) is 7.22. The highest BCUT2D eigenvalue weighted by atomic mass is 16.1. The normalized spacial score (nSPS) is 33.9. The van der Waals surface area contributed by atoms with Gasteiger partial charge in [0.05, 0.1) is 0 Å². The maximum Gasteiger partial charge on any atom is 0.237 e. The van der Waals surface area contributed by atoms with Gasteiger partial charge in [0, 0.05) is 26.2 Å². The zero-order chi connectivity index (χ0) is 13.2. The van der Waals surface area contributed by atoms with Crippen LogP contribution < -0.4 is 11.1 Å². The molecular weight excluding hydrogens is 226 g/mol. The van der Waals surface area contributed by atoms with E-state index in [-0.39, 0.29) is 11.4 Å². The number of amides is 1. The molecule has 1 unspecified atom stereocenters. The van der Waals surface area contributed by atoms with Gasteiger partial charge in [-0.2, -0.15) is 0 Å². The van der Waals surface area contributed by atoms with Crippen molar-refractivity contribution in [3.63, 3.8) is 0 Å². The molecule has 0 spiro atoms. The summed E-state index contributed by atoms with van der Waals surface area (Å²) in [7, 11) is 0.